The van der Waals surface area contributed by atoms with Gasteiger partial charge in [-0.25, -0.2) is 9.78 Å². The molecule has 0 saturated carbocycles. The number of ether oxygens (including phenoxy) is 1. The number of halogens is 1. The molecule has 202 valence electrons. The molecule has 40 heavy (non-hydrogen) atoms. The minimum Gasteiger partial charge on any atom is -0.497 e. The van der Waals surface area contributed by atoms with E-state index in [-0.39, 0.29) is 23.1 Å². The summed E-state index contributed by atoms with van der Waals surface area (Å²) in [6.45, 7) is 2.06. The van der Waals surface area contributed by atoms with Gasteiger partial charge in [-0.05, 0) is 65.6 Å². The number of aromatic amines is 1. The number of benzene rings is 4. The van der Waals surface area contributed by atoms with E-state index in [4.69, 9.17) is 21.3 Å². The van der Waals surface area contributed by atoms with Crippen LogP contribution >= 0.6 is 11.6 Å². The van der Waals surface area contributed by atoms with E-state index >= 15 is 0 Å². The fourth-order valence-corrected chi connectivity index (χ4v) is 4.99. The SMILES string of the molecule is CCC[C@@H](NC(=O)c1ccc(-c2cc(Cl)ccc2-c2nc3cc(OC)ccc3[nH]2)c(C(=O)O)c1)c1ccccc1. The molecule has 1 aromatic heterocycles. The van der Waals surface area contributed by atoms with E-state index in [1.807, 2.05) is 48.5 Å². The molecule has 0 bridgehead atoms. The summed E-state index contributed by atoms with van der Waals surface area (Å²) in [6.07, 6.45) is 1.64. The summed E-state index contributed by atoms with van der Waals surface area (Å²) in [5.74, 6) is -0.261. The molecule has 0 spiro atoms. The van der Waals surface area contributed by atoms with Crippen LogP contribution < -0.4 is 10.1 Å². The van der Waals surface area contributed by atoms with Gasteiger partial charge in [0.25, 0.3) is 5.91 Å². The van der Waals surface area contributed by atoms with Gasteiger partial charge in [0.05, 0.1) is 29.7 Å². The first-order valence-corrected chi connectivity index (χ1v) is 13.3. The number of H-pyrrole nitrogens is 1. The number of rotatable bonds is 9. The predicted molar refractivity (Wildman–Crippen MR) is 157 cm³/mol. The van der Waals surface area contributed by atoms with E-state index in [1.54, 1.807) is 37.4 Å². The van der Waals surface area contributed by atoms with E-state index in [1.165, 1.54) is 6.07 Å². The van der Waals surface area contributed by atoms with Crippen LogP contribution in [0.25, 0.3) is 33.5 Å². The number of carboxylic acids is 1. The maximum atomic E-state index is 13.3. The van der Waals surface area contributed by atoms with Crippen LogP contribution in [0.4, 0.5) is 0 Å². The van der Waals surface area contributed by atoms with Crippen molar-refractivity contribution in [2.24, 2.45) is 0 Å². The van der Waals surface area contributed by atoms with Gasteiger partial charge in [0.15, 0.2) is 0 Å². The summed E-state index contributed by atoms with van der Waals surface area (Å²) in [4.78, 5) is 33.7. The van der Waals surface area contributed by atoms with Crippen LogP contribution in [0.3, 0.4) is 0 Å². The highest BCUT2D eigenvalue weighted by atomic mass is 35.5. The number of aromatic nitrogens is 2. The van der Waals surface area contributed by atoms with Crippen molar-refractivity contribution < 1.29 is 19.4 Å². The van der Waals surface area contributed by atoms with E-state index in [2.05, 4.69) is 17.2 Å². The first-order chi connectivity index (χ1) is 19.4. The second-order valence-corrected chi connectivity index (χ2v) is 9.89. The standard InChI is InChI=1S/C32H28ClN3O4/c1-3-7-27(19-8-5-4-6-9-19)36-31(37)20-10-13-23(26(16-20)32(38)39)25-17-21(33)11-14-24(25)30-34-28-15-12-22(40-2)18-29(28)35-30/h4-6,8-18,27H,3,7H2,1-2H3,(H,34,35)(H,36,37)(H,38,39)/t27-/m1/s1. The minimum atomic E-state index is -1.15. The Balaban J connectivity index is 1.54. The van der Waals surface area contributed by atoms with Gasteiger partial charge in [-0.2, -0.15) is 0 Å². The molecular weight excluding hydrogens is 526 g/mol. The topological polar surface area (TPSA) is 104 Å². The number of nitrogens with zero attached hydrogens (tertiary/aromatic N) is 1. The van der Waals surface area contributed by atoms with Crippen LogP contribution in [-0.2, 0) is 0 Å². The Morgan fingerprint density at radius 3 is 2.48 bits per heavy atom. The molecule has 5 aromatic rings. The lowest BCUT2D eigenvalue weighted by molar-refractivity contribution is 0.0697. The molecule has 0 aliphatic carbocycles. The number of nitrogens with one attached hydrogen (secondary N) is 2. The number of carbonyl (C=O) groups excluding carboxylic acids is 1. The van der Waals surface area contributed by atoms with Gasteiger partial charge >= 0.3 is 5.97 Å². The van der Waals surface area contributed by atoms with Crippen LogP contribution in [0.15, 0.2) is 84.9 Å². The van der Waals surface area contributed by atoms with Crippen molar-refractivity contribution in [2.75, 3.05) is 7.11 Å². The zero-order valence-electron chi connectivity index (χ0n) is 22.1. The number of carbonyl (C=O) groups is 2. The molecule has 0 unspecified atom stereocenters. The molecular formula is C32H28ClN3O4. The van der Waals surface area contributed by atoms with Gasteiger partial charge in [-0.1, -0.05) is 61.3 Å². The summed E-state index contributed by atoms with van der Waals surface area (Å²) in [7, 11) is 1.59. The highest BCUT2D eigenvalue weighted by Crippen LogP contribution is 2.36. The first-order valence-electron chi connectivity index (χ1n) is 12.9. The Morgan fingerprint density at radius 2 is 1.75 bits per heavy atom. The summed E-state index contributed by atoms with van der Waals surface area (Å²) < 4.78 is 5.31. The molecule has 8 heteroatoms. The van der Waals surface area contributed by atoms with Crippen LogP contribution in [0, 0.1) is 0 Å². The second-order valence-electron chi connectivity index (χ2n) is 9.45. The third kappa shape index (κ3) is 5.55. The van der Waals surface area contributed by atoms with Crippen LogP contribution in [0.1, 0.15) is 52.1 Å². The number of amides is 1. The van der Waals surface area contributed by atoms with E-state index < -0.39 is 5.97 Å². The lowest BCUT2D eigenvalue weighted by atomic mass is 9.93. The maximum Gasteiger partial charge on any atom is 0.336 e. The molecule has 1 heterocycles. The van der Waals surface area contributed by atoms with Crippen molar-refractivity contribution in [2.45, 2.75) is 25.8 Å². The van der Waals surface area contributed by atoms with Crippen molar-refractivity contribution in [3.63, 3.8) is 0 Å². The zero-order valence-corrected chi connectivity index (χ0v) is 22.8. The third-order valence-corrected chi connectivity index (χ3v) is 7.05. The Hall–Kier alpha value is -4.62. The Bertz CT molecular complexity index is 1700. The molecule has 0 radical (unpaired) electrons. The molecule has 5 rings (SSSR count). The van der Waals surface area contributed by atoms with E-state index in [9.17, 15) is 14.7 Å². The maximum absolute atomic E-state index is 13.3. The monoisotopic (exact) mass is 553 g/mol. The summed E-state index contributed by atoms with van der Waals surface area (Å²) in [6, 6.07) is 25.0. The summed E-state index contributed by atoms with van der Waals surface area (Å²) >= 11 is 6.37. The number of hydrogen-bond donors (Lipinski definition) is 3. The largest absolute Gasteiger partial charge is 0.497 e. The molecule has 4 aromatic carbocycles. The number of carboxylic acid groups (broad SMARTS) is 1. The smallest absolute Gasteiger partial charge is 0.336 e. The van der Waals surface area contributed by atoms with Crippen molar-refractivity contribution >= 4 is 34.5 Å². The van der Waals surface area contributed by atoms with Crippen LogP contribution in [0.2, 0.25) is 5.02 Å². The predicted octanol–water partition coefficient (Wildman–Crippen LogP) is 7.53. The highest BCUT2D eigenvalue weighted by Gasteiger charge is 2.21. The van der Waals surface area contributed by atoms with Gasteiger partial charge in [-0.15, -0.1) is 0 Å². The van der Waals surface area contributed by atoms with Gasteiger partial charge in [0.2, 0.25) is 0 Å². The number of hydrogen-bond acceptors (Lipinski definition) is 4. The number of fused-ring (bicyclic) bond motifs is 1. The Morgan fingerprint density at radius 1 is 0.975 bits per heavy atom. The molecule has 1 atom stereocenters. The molecule has 0 aliphatic rings. The molecule has 3 N–H and O–H groups in total. The molecule has 0 saturated heterocycles. The van der Waals surface area contributed by atoms with Crippen molar-refractivity contribution in [3.05, 3.63) is 107 Å². The average molecular weight is 554 g/mol. The molecule has 1 amide bonds. The number of aromatic carboxylic acids is 1. The number of imidazole rings is 1. The van der Waals surface area contributed by atoms with E-state index in [0.29, 0.717) is 38.8 Å². The third-order valence-electron chi connectivity index (χ3n) is 6.81. The Labute approximate surface area is 236 Å². The van der Waals surface area contributed by atoms with Gasteiger partial charge in [0, 0.05) is 22.2 Å². The summed E-state index contributed by atoms with van der Waals surface area (Å²) in [5.41, 5.74) is 4.44. The van der Waals surface area contributed by atoms with Gasteiger partial charge < -0.3 is 20.1 Å². The van der Waals surface area contributed by atoms with Crippen LogP contribution in [-0.4, -0.2) is 34.1 Å². The fraction of sp³-hybridized carbons (Fsp3) is 0.156. The van der Waals surface area contributed by atoms with Crippen molar-refractivity contribution in [1.82, 2.24) is 15.3 Å². The van der Waals surface area contributed by atoms with Crippen molar-refractivity contribution in [3.8, 4) is 28.3 Å². The molecule has 7 nitrogen and oxygen atoms in total. The quantitative estimate of drug-likeness (QED) is 0.175. The van der Waals surface area contributed by atoms with Crippen molar-refractivity contribution in [1.29, 1.82) is 0 Å². The zero-order chi connectivity index (χ0) is 28.2. The first kappa shape index (κ1) is 27.0. The normalized spacial score (nSPS) is 11.8. The van der Waals surface area contributed by atoms with Gasteiger partial charge in [-0.3, -0.25) is 4.79 Å². The van der Waals surface area contributed by atoms with E-state index in [0.717, 1.165) is 23.9 Å². The molecule has 0 aliphatic heterocycles. The Kier molecular flexibility index (Phi) is 7.84. The average Bonchev–Trinajstić information content (AvgIpc) is 3.40. The molecule has 0 fully saturated rings. The second kappa shape index (κ2) is 11.6. The highest BCUT2D eigenvalue weighted by molar-refractivity contribution is 6.31. The summed E-state index contributed by atoms with van der Waals surface area (Å²) in [5, 5.41) is 13.7. The number of methoxy groups -OCH3 is 1. The lowest BCUT2D eigenvalue weighted by Gasteiger charge is -2.19. The lowest BCUT2D eigenvalue weighted by Crippen LogP contribution is -2.28. The van der Waals surface area contributed by atoms with Gasteiger partial charge in [0.1, 0.15) is 11.6 Å². The van der Waals surface area contributed by atoms with Crippen LogP contribution in [0.5, 0.6) is 5.75 Å². The minimum absolute atomic E-state index is 0.0132. The fourth-order valence-electron chi connectivity index (χ4n) is 4.82.